The van der Waals surface area contributed by atoms with Gasteiger partial charge in [-0.05, 0) is 19.1 Å². The number of esters is 1. The number of aromatic amines is 1. The highest BCUT2D eigenvalue weighted by molar-refractivity contribution is 5.89. The summed E-state index contributed by atoms with van der Waals surface area (Å²) in [5.41, 5.74) is 0.718. The normalized spacial score (nSPS) is 10.3. The van der Waals surface area contributed by atoms with Crippen molar-refractivity contribution in [2.75, 3.05) is 7.11 Å². The Kier molecular flexibility index (Phi) is 2.86. The molecule has 0 aliphatic rings. The van der Waals surface area contributed by atoms with E-state index in [1.807, 2.05) is 0 Å². The van der Waals surface area contributed by atoms with Crippen LogP contribution in [-0.2, 0) is 4.74 Å². The summed E-state index contributed by atoms with van der Waals surface area (Å²) in [6, 6.07) is 2.76. The minimum absolute atomic E-state index is 0.0748. The molecule has 0 aromatic carbocycles. The van der Waals surface area contributed by atoms with Crippen molar-refractivity contribution in [2.24, 2.45) is 0 Å². The van der Waals surface area contributed by atoms with Gasteiger partial charge in [0.05, 0.1) is 7.11 Å². The molecule has 0 fully saturated rings. The van der Waals surface area contributed by atoms with Crippen molar-refractivity contribution in [1.29, 1.82) is 0 Å². The molecule has 0 saturated heterocycles. The first-order valence-corrected chi connectivity index (χ1v) is 4.89. The van der Waals surface area contributed by atoms with E-state index in [4.69, 9.17) is 0 Å². The van der Waals surface area contributed by atoms with Crippen molar-refractivity contribution in [3.63, 3.8) is 0 Å². The zero-order valence-corrected chi connectivity index (χ0v) is 9.32. The van der Waals surface area contributed by atoms with Crippen LogP contribution in [0.25, 0.3) is 11.5 Å². The number of pyridine rings is 1. The Morgan fingerprint density at radius 2 is 2.29 bits per heavy atom. The molecule has 6 heteroatoms. The lowest BCUT2D eigenvalue weighted by Crippen LogP contribution is -2.03. The van der Waals surface area contributed by atoms with Crippen LogP contribution in [0.1, 0.15) is 16.2 Å². The molecule has 2 heterocycles. The minimum Gasteiger partial charge on any atom is -0.464 e. The van der Waals surface area contributed by atoms with E-state index < -0.39 is 11.8 Å². The van der Waals surface area contributed by atoms with Crippen molar-refractivity contribution >= 4 is 5.97 Å². The molecule has 0 radical (unpaired) electrons. The second-order valence-corrected chi connectivity index (χ2v) is 3.38. The van der Waals surface area contributed by atoms with Gasteiger partial charge in [0.2, 0.25) is 0 Å². The van der Waals surface area contributed by atoms with Gasteiger partial charge in [-0.25, -0.2) is 19.2 Å². The number of ether oxygens (including phenoxy) is 1. The Labute approximate surface area is 96.7 Å². The van der Waals surface area contributed by atoms with Crippen molar-refractivity contribution in [2.45, 2.75) is 6.92 Å². The fourth-order valence-corrected chi connectivity index (χ4v) is 1.43. The third-order valence-corrected chi connectivity index (χ3v) is 2.25. The SMILES string of the molecule is COC(=O)c1nc(-c2ncccc2F)[nH]c1C. The number of nitrogens with zero attached hydrogens (tertiary/aromatic N) is 2. The van der Waals surface area contributed by atoms with Gasteiger partial charge in [-0.3, -0.25) is 0 Å². The van der Waals surface area contributed by atoms with Crippen LogP contribution in [0.4, 0.5) is 4.39 Å². The van der Waals surface area contributed by atoms with Crippen LogP contribution >= 0.6 is 0 Å². The maximum Gasteiger partial charge on any atom is 0.358 e. The van der Waals surface area contributed by atoms with Crippen LogP contribution < -0.4 is 0 Å². The third kappa shape index (κ3) is 2.01. The smallest absolute Gasteiger partial charge is 0.358 e. The molecule has 5 nitrogen and oxygen atoms in total. The van der Waals surface area contributed by atoms with Gasteiger partial charge in [-0.1, -0.05) is 0 Å². The largest absolute Gasteiger partial charge is 0.464 e. The van der Waals surface area contributed by atoms with Gasteiger partial charge < -0.3 is 9.72 Å². The summed E-state index contributed by atoms with van der Waals surface area (Å²) in [7, 11) is 1.26. The molecule has 2 aromatic rings. The molecule has 0 spiro atoms. The van der Waals surface area contributed by atoms with Gasteiger partial charge in [-0.2, -0.15) is 0 Å². The highest BCUT2D eigenvalue weighted by Crippen LogP contribution is 2.18. The van der Waals surface area contributed by atoms with Gasteiger partial charge in [0, 0.05) is 11.9 Å². The molecule has 2 rings (SSSR count). The van der Waals surface area contributed by atoms with Crippen LogP contribution in [0.2, 0.25) is 0 Å². The summed E-state index contributed by atoms with van der Waals surface area (Å²) >= 11 is 0. The van der Waals surface area contributed by atoms with E-state index >= 15 is 0 Å². The zero-order valence-electron chi connectivity index (χ0n) is 9.32. The van der Waals surface area contributed by atoms with E-state index in [1.54, 1.807) is 6.92 Å². The number of halogens is 1. The number of hydrogen-bond donors (Lipinski definition) is 1. The van der Waals surface area contributed by atoms with Crippen LogP contribution in [0.5, 0.6) is 0 Å². The summed E-state index contributed by atoms with van der Waals surface area (Å²) in [6.07, 6.45) is 1.45. The summed E-state index contributed by atoms with van der Waals surface area (Å²) in [4.78, 5) is 22.0. The Bertz CT molecular complexity index is 566. The molecule has 0 amide bonds. The van der Waals surface area contributed by atoms with E-state index in [0.717, 1.165) is 0 Å². The maximum absolute atomic E-state index is 13.5. The van der Waals surface area contributed by atoms with E-state index in [1.165, 1.54) is 25.4 Å². The van der Waals surface area contributed by atoms with E-state index in [0.29, 0.717) is 5.69 Å². The molecule has 0 atom stereocenters. The molecule has 0 aliphatic carbocycles. The van der Waals surface area contributed by atoms with Crippen molar-refractivity contribution in [3.8, 4) is 11.5 Å². The predicted molar refractivity (Wildman–Crippen MR) is 57.9 cm³/mol. The summed E-state index contributed by atoms with van der Waals surface area (Å²) in [5.74, 6) is -0.861. The summed E-state index contributed by atoms with van der Waals surface area (Å²) in [6.45, 7) is 1.66. The number of imidazole rings is 1. The lowest BCUT2D eigenvalue weighted by Gasteiger charge is -1.96. The third-order valence-electron chi connectivity index (χ3n) is 2.25. The predicted octanol–water partition coefficient (Wildman–Crippen LogP) is 1.71. The Morgan fingerprint density at radius 1 is 1.53 bits per heavy atom. The molecule has 0 saturated carbocycles. The number of nitrogens with one attached hydrogen (secondary N) is 1. The molecule has 1 N–H and O–H groups in total. The average Bonchev–Trinajstić information content (AvgIpc) is 2.71. The first-order valence-electron chi connectivity index (χ1n) is 4.89. The standard InChI is InChI=1S/C11H10FN3O2/c1-6-8(11(16)17-2)15-10(14-6)9-7(12)4-3-5-13-9/h3-5H,1-2H3,(H,14,15). The quantitative estimate of drug-likeness (QED) is 0.804. The maximum atomic E-state index is 13.5. The van der Waals surface area contributed by atoms with Crippen molar-refractivity contribution < 1.29 is 13.9 Å². The number of aromatic nitrogens is 3. The summed E-state index contributed by atoms with van der Waals surface area (Å²) < 4.78 is 18.0. The highest BCUT2D eigenvalue weighted by Gasteiger charge is 2.18. The van der Waals surface area contributed by atoms with Crippen LogP contribution in [0.3, 0.4) is 0 Å². The zero-order chi connectivity index (χ0) is 12.4. The molecule has 0 aliphatic heterocycles. The lowest BCUT2D eigenvalue weighted by atomic mass is 10.3. The number of carbonyl (C=O) groups excluding carboxylic acids is 1. The Hall–Kier alpha value is -2.24. The number of rotatable bonds is 2. The molecular formula is C11H10FN3O2. The molecular weight excluding hydrogens is 225 g/mol. The number of H-pyrrole nitrogens is 1. The minimum atomic E-state index is -0.568. The fraction of sp³-hybridized carbons (Fsp3) is 0.182. The van der Waals surface area contributed by atoms with Gasteiger partial charge in [0.25, 0.3) is 0 Å². The highest BCUT2D eigenvalue weighted by atomic mass is 19.1. The number of carbonyl (C=O) groups is 1. The van der Waals surface area contributed by atoms with Crippen LogP contribution in [-0.4, -0.2) is 28.0 Å². The van der Waals surface area contributed by atoms with E-state index in [-0.39, 0.29) is 17.2 Å². The first kappa shape index (κ1) is 11.3. The van der Waals surface area contributed by atoms with Crippen LogP contribution in [0, 0.1) is 12.7 Å². The fourth-order valence-electron chi connectivity index (χ4n) is 1.43. The van der Waals surface area contributed by atoms with E-state index in [9.17, 15) is 9.18 Å². The van der Waals surface area contributed by atoms with Crippen LogP contribution in [0.15, 0.2) is 18.3 Å². The second kappa shape index (κ2) is 4.32. The monoisotopic (exact) mass is 235 g/mol. The number of methoxy groups -OCH3 is 1. The number of hydrogen-bond acceptors (Lipinski definition) is 4. The van der Waals surface area contributed by atoms with Gasteiger partial charge in [-0.15, -0.1) is 0 Å². The molecule has 2 aromatic heterocycles. The molecule has 17 heavy (non-hydrogen) atoms. The topological polar surface area (TPSA) is 67.9 Å². The Balaban J connectivity index is 2.49. The lowest BCUT2D eigenvalue weighted by molar-refractivity contribution is 0.0594. The first-order chi connectivity index (χ1) is 8.13. The summed E-state index contributed by atoms with van der Waals surface area (Å²) in [5, 5.41) is 0. The van der Waals surface area contributed by atoms with Gasteiger partial charge in [0.1, 0.15) is 5.69 Å². The van der Waals surface area contributed by atoms with Gasteiger partial charge in [0.15, 0.2) is 17.3 Å². The second-order valence-electron chi connectivity index (χ2n) is 3.38. The van der Waals surface area contributed by atoms with Gasteiger partial charge >= 0.3 is 5.97 Å². The molecule has 88 valence electrons. The number of aryl methyl sites for hydroxylation is 1. The average molecular weight is 235 g/mol. The van der Waals surface area contributed by atoms with Crippen molar-refractivity contribution in [3.05, 3.63) is 35.5 Å². The molecule has 0 bridgehead atoms. The van der Waals surface area contributed by atoms with Crippen molar-refractivity contribution in [1.82, 2.24) is 15.0 Å². The molecule has 0 unspecified atom stereocenters. The Morgan fingerprint density at radius 3 is 2.94 bits per heavy atom. The van der Waals surface area contributed by atoms with E-state index in [2.05, 4.69) is 19.7 Å².